The first-order valence-corrected chi connectivity index (χ1v) is 7.30. The molecule has 17 heavy (non-hydrogen) atoms. The van der Waals surface area contributed by atoms with E-state index >= 15 is 0 Å². The molecular formula is C10H12O5S2. The molecule has 2 atom stereocenters. The van der Waals surface area contributed by atoms with Crippen molar-refractivity contribution in [2.75, 3.05) is 11.5 Å². The van der Waals surface area contributed by atoms with Crippen LogP contribution in [0.4, 0.5) is 0 Å². The fourth-order valence-corrected chi connectivity index (χ4v) is 2.76. The second kappa shape index (κ2) is 6.75. The highest BCUT2D eigenvalue weighted by Gasteiger charge is 2.24. The standard InChI is InChI=1S/C10H12O5S2/c11-10(8-4-2-1-3-5-8)9(6-16(12)13)7-17(14)15/h1-5,9H,6-7H2,(H,12,13)(H,14,15). The zero-order valence-corrected chi connectivity index (χ0v) is 10.4. The van der Waals surface area contributed by atoms with Gasteiger partial charge in [0, 0.05) is 11.5 Å². The Kier molecular flexibility index (Phi) is 5.63. The Hall–Kier alpha value is -0.890. The van der Waals surface area contributed by atoms with Crippen molar-refractivity contribution in [3.8, 4) is 0 Å². The SMILES string of the molecule is O=C(c1ccccc1)C(CS(=O)O)CS(=O)O. The normalized spacial score (nSPS) is 16.1. The largest absolute Gasteiger partial charge is 0.306 e. The molecular weight excluding hydrogens is 264 g/mol. The number of carbonyl (C=O) groups excluding carboxylic acids is 1. The number of rotatable bonds is 6. The maximum absolute atomic E-state index is 11.9. The highest BCUT2D eigenvalue weighted by molar-refractivity contribution is 7.80. The summed E-state index contributed by atoms with van der Waals surface area (Å²) in [4.78, 5) is 11.9. The van der Waals surface area contributed by atoms with Gasteiger partial charge in [0.05, 0.1) is 11.5 Å². The summed E-state index contributed by atoms with van der Waals surface area (Å²) in [6.07, 6.45) is 0. The van der Waals surface area contributed by atoms with Crippen LogP contribution >= 0.6 is 0 Å². The van der Waals surface area contributed by atoms with Crippen LogP contribution in [0.25, 0.3) is 0 Å². The van der Waals surface area contributed by atoms with Gasteiger partial charge in [-0.15, -0.1) is 0 Å². The lowest BCUT2D eigenvalue weighted by atomic mass is 10.0. The molecule has 0 aliphatic rings. The summed E-state index contributed by atoms with van der Waals surface area (Å²) in [6, 6.07) is 8.19. The van der Waals surface area contributed by atoms with Gasteiger partial charge in [0.1, 0.15) is 0 Å². The van der Waals surface area contributed by atoms with Crippen molar-refractivity contribution >= 4 is 27.9 Å². The predicted octanol–water partition coefficient (Wildman–Crippen LogP) is 0.929. The Morgan fingerprint density at radius 1 is 1.06 bits per heavy atom. The van der Waals surface area contributed by atoms with Crippen molar-refractivity contribution in [2.24, 2.45) is 5.92 Å². The van der Waals surface area contributed by atoms with Gasteiger partial charge in [0.15, 0.2) is 27.9 Å². The summed E-state index contributed by atoms with van der Waals surface area (Å²) in [7, 11) is 0. The molecule has 1 aromatic rings. The zero-order chi connectivity index (χ0) is 12.8. The number of Topliss-reactive ketones (excluding diaryl/α,β-unsaturated/α-hetero) is 1. The number of hydrogen-bond acceptors (Lipinski definition) is 3. The van der Waals surface area contributed by atoms with Gasteiger partial charge in [0.25, 0.3) is 0 Å². The van der Waals surface area contributed by atoms with Crippen LogP contribution in [0.1, 0.15) is 10.4 Å². The lowest BCUT2D eigenvalue weighted by Crippen LogP contribution is -2.26. The summed E-state index contributed by atoms with van der Waals surface area (Å²) in [5.41, 5.74) is 0.369. The highest BCUT2D eigenvalue weighted by Crippen LogP contribution is 2.11. The first-order valence-electron chi connectivity index (χ1n) is 4.75. The Morgan fingerprint density at radius 2 is 1.53 bits per heavy atom. The van der Waals surface area contributed by atoms with E-state index in [1.165, 1.54) is 0 Å². The Bertz CT molecular complexity index is 416. The Balaban J connectivity index is 2.86. The van der Waals surface area contributed by atoms with Gasteiger partial charge in [0.2, 0.25) is 0 Å². The topological polar surface area (TPSA) is 91.7 Å². The van der Waals surface area contributed by atoms with Crippen LogP contribution in [0.15, 0.2) is 30.3 Å². The van der Waals surface area contributed by atoms with Crippen LogP contribution in [0, 0.1) is 5.92 Å². The molecule has 0 saturated heterocycles. The van der Waals surface area contributed by atoms with E-state index in [1.807, 2.05) is 0 Å². The minimum Gasteiger partial charge on any atom is -0.306 e. The lowest BCUT2D eigenvalue weighted by Gasteiger charge is -2.11. The molecule has 7 heteroatoms. The van der Waals surface area contributed by atoms with Crippen molar-refractivity contribution in [1.29, 1.82) is 0 Å². The quantitative estimate of drug-likeness (QED) is 0.595. The van der Waals surface area contributed by atoms with E-state index in [9.17, 15) is 13.2 Å². The monoisotopic (exact) mass is 276 g/mol. The second-order valence-electron chi connectivity index (χ2n) is 3.40. The third-order valence-electron chi connectivity index (χ3n) is 2.12. The summed E-state index contributed by atoms with van der Waals surface area (Å²) >= 11 is -4.35. The maximum Gasteiger partial charge on any atom is 0.167 e. The smallest absolute Gasteiger partial charge is 0.167 e. The molecule has 1 rings (SSSR count). The lowest BCUT2D eigenvalue weighted by molar-refractivity contribution is 0.0941. The molecule has 0 aliphatic heterocycles. The number of ketones is 1. The number of hydrogen-bond donors (Lipinski definition) is 2. The van der Waals surface area contributed by atoms with Crippen molar-refractivity contribution in [3.63, 3.8) is 0 Å². The minimum atomic E-state index is -2.17. The van der Waals surface area contributed by atoms with Crippen molar-refractivity contribution in [2.45, 2.75) is 0 Å². The van der Waals surface area contributed by atoms with Crippen molar-refractivity contribution < 1.29 is 22.3 Å². The van der Waals surface area contributed by atoms with Crippen LogP contribution in [0.5, 0.6) is 0 Å². The number of benzene rings is 1. The molecule has 0 spiro atoms. The summed E-state index contributed by atoms with van der Waals surface area (Å²) in [6.45, 7) is 0. The number of carbonyl (C=O) groups is 1. The molecule has 0 heterocycles. The molecule has 2 N–H and O–H groups in total. The van der Waals surface area contributed by atoms with Crippen molar-refractivity contribution in [3.05, 3.63) is 35.9 Å². The average Bonchev–Trinajstić information content (AvgIpc) is 2.27. The van der Waals surface area contributed by atoms with Crippen LogP contribution in [0.2, 0.25) is 0 Å². The fraction of sp³-hybridized carbons (Fsp3) is 0.300. The molecule has 0 amide bonds. The van der Waals surface area contributed by atoms with Gasteiger partial charge in [-0.25, -0.2) is 8.42 Å². The molecule has 0 bridgehead atoms. The van der Waals surface area contributed by atoms with E-state index in [4.69, 9.17) is 9.11 Å². The van der Waals surface area contributed by atoms with Crippen LogP contribution in [0.3, 0.4) is 0 Å². The Morgan fingerprint density at radius 3 is 1.94 bits per heavy atom. The summed E-state index contributed by atoms with van der Waals surface area (Å²) in [5, 5.41) is 0. The van der Waals surface area contributed by atoms with Crippen molar-refractivity contribution in [1.82, 2.24) is 0 Å². The van der Waals surface area contributed by atoms with Gasteiger partial charge < -0.3 is 9.11 Å². The zero-order valence-electron chi connectivity index (χ0n) is 8.81. The molecule has 0 fully saturated rings. The summed E-state index contributed by atoms with van der Waals surface area (Å²) < 4.78 is 39.0. The van der Waals surface area contributed by atoms with Gasteiger partial charge >= 0.3 is 0 Å². The Labute approximate surface area is 104 Å². The molecule has 1 aromatic carbocycles. The van der Waals surface area contributed by atoms with E-state index in [1.54, 1.807) is 30.3 Å². The van der Waals surface area contributed by atoms with E-state index < -0.39 is 33.9 Å². The van der Waals surface area contributed by atoms with Gasteiger partial charge in [-0.1, -0.05) is 30.3 Å². The predicted molar refractivity (Wildman–Crippen MR) is 65.5 cm³/mol. The molecule has 5 nitrogen and oxygen atoms in total. The van der Waals surface area contributed by atoms with Gasteiger partial charge in [-0.3, -0.25) is 4.79 Å². The fourth-order valence-electron chi connectivity index (χ4n) is 1.38. The first-order chi connectivity index (χ1) is 8.00. The minimum absolute atomic E-state index is 0.333. The van der Waals surface area contributed by atoms with E-state index in [-0.39, 0.29) is 11.5 Å². The third kappa shape index (κ3) is 4.86. The molecule has 0 aliphatic carbocycles. The molecule has 94 valence electrons. The third-order valence-corrected chi connectivity index (χ3v) is 3.49. The molecule has 0 saturated carbocycles. The molecule has 0 aromatic heterocycles. The van der Waals surface area contributed by atoms with Crippen LogP contribution in [-0.2, 0) is 22.2 Å². The second-order valence-corrected chi connectivity index (χ2v) is 5.36. The van der Waals surface area contributed by atoms with E-state index in [0.29, 0.717) is 5.56 Å². The van der Waals surface area contributed by atoms with Crippen LogP contribution in [-0.4, -0.2) is 34.8 Å². The highest BCUT2D eigenvalue weighted by atomic mass is 32.2. The first kappa shape index (κ1) is 14.2. The maximum atomic E-state index is 11.9. The van der Waals surface area contributed by atoms with E-state index in [0.717, 1.165) is 0 Å². The molecule has 0 radical (unpaired) electrons. The van der Waals surface area contributed by atoms with Crippen LogP contribution < -0.4 is 0 Å². The van der Waals surface area contributed by atoms with Gasteiger partial charge in [-0.2, -0.15) is 0 Å². The van der Waals surface area contributed by atoms with Gasteiger partial charge in [-0.05, 0) is 0 Å². The summed E-state index contributed by atoms with van der Waals surface area (Å²) in [5.74, 6) is -1.98. The molecule has 2 unspecified atom stereocenters. The van der Waals surface area contributed by atoms with E-state index in [2.05, 4.69) is 0 Å². The average molecular weight is 276 g/mol.